The number of allylic oxidation sites excluding steroid dienone is 2. The van der Waals surface area contributed by atoms with Gasteiger partial charge in [0.05, 0.1) is 6.61 Å². The average molecular weight is 471 g/mol. The first-order chi connectivity index (χ1) is 16.1. The smallest absolute Gasteiger partial charge is 0.302 e. The molecule has 5 fully saturated rings. The molecule has 0 aromatic rings. The van der Waals surface area contributed by atoms with E-state index in [-0.39, 0.29) is 29.4 Å². The molecule has 0 amide bonds. The van der Waals surface area contributed by atoms with E-state index >= 15 is 0 Å². The summed E-state index contributed by atoms with van der Waals surface area (Å²) < 4.78 is 18.2. The molecule has 34 heavy (non-hydrogen) atoms. The number of esters is 1. The van der Waals surface area contributed by atoms with Gasteiger partial charge in [0.15, 0.2) is 0 Å². The molecule has 0 unspecified atom stereocenters. The summed E-state index contributed by atoms with van der Waals surface area (Å²) in [5.41, 5.74) is 1.62. The third kappa shape index (κ3) is 4.21. The summed E-state index contributed by atoms with van der Waals surface area (Å²) in [6, 6.07) is 0. The molecule has 2 aliphatic heterocycles. The molecule has 3 aliphatic carbocycles. The van der Waals surface area contributed by atoms with E-state index in [1.165, 1.54) is 44.6 Å². The van der Waals surface area contributed by atoms with E-state index in [2.05, 4.69) is 52.8 Å². The van der Waals surface area contributed by atoms with Crippen LogP contribution in [0.15, 0.2) is 23.8 Å². The van der Waals surface area contributed by atoms with Gasteiger partial charge in [-0.1, -0.05) is 52.8 Å². The predicted molar refractivity (Wildman–Crippen MR) is 134 cm³/mol. The van der Waals surface area contributed by atoms with Gasteiger partial charge in [-0.2, -0.15) is 0 Å². The van der Waals surface area contributed by atoms with Crippen LogP contribution < -0.4 is 0 Å². The molecule has 2 saturated heterocycles. The molecule has 2 heterocycles. The second-order valence-corrected chi connectivity index (χ2v) is 12.9. The van der Waals surface area contributed by atoms with Crippen molar-refractivity contribution in [1.29, 1.82) is 0 Å². The number of hydrogen-bond donors (Lipinski definition) is 0. The quantitative estimate of drug-likeness (QED) is 0.248. The van der Waals surface area contributed by atoms with Gasteiger partial charge in [-0.25, -0.2) is 0 Å². The minimum Gasteiger partial charge on any atom is -0.462 e. The number of epoxide rings is 2. The first-order valence-corrected chi connectivity index (χ1v) is 14.0. The number of hydrogen-bond acceptors (Lipinski definition) is 4. The molecular weight excluding hydrogens is 424 g/mol. The third-order valence-electron chi connectivity index (χ3n) is 10.5. The van der Waals surface area contributed by atoms with Crippen LogP contribution in [0.25, 0.3) is 0 Å². The summed E-state index contributed by atoms with van der Waals surface area (Å²) in [7, 11) is 0. The summed E-state index contributed by atoms with van der Waals surface area (Å²) in [4.78, 5) is 11.5. The Balaban J connectivity index is 1.31. The van der Waals surface area contributed by atoms with Crippen LogP contribution in [-0.4, -0.2) is 36.0 Å². The lowest BCUT2D eigenvalue weighted by atomic mass is 9.58. The van der Waals surface area contributed by atoms with Gasteiger partial charge in [-0.05, 0) is 85.5 Å². The molecule has 3 saturated carbocycles. The Hall–Kier alpha value is -1.13. The Kier molecular flexibility index (Phi) is 6.33. The highest BCUT2D eigenvalue weighted by atomic mass is 16.6. The van der Waals surface area contributed by atoms with E-state index in [0.717, 1.165) is 31.8 Å². The van der Waals surface area contributed by atoms with Crippen molar-refractivity contribution in [1.82, 2.24) is 0 Å². The predicted octanol–water partition coefficient (Wildman–Crippen LogP) is 6.64. The van der Waals surface area contributed by atoms with E-state index in [0.29, 0.717) is 29.1 Å². The molecule has 9 atom stereocenters. The normalized spacial score (nSPS) is 46.3. The van der Waals surface area contributed by atoms with Gasteiger partial charge >= 0.3 is 5.97 Å². The van der Waals surface area contributed by atoms with E-state index in [1.807, 2.05) is 0 Å². The first-order valence-electron chi connectivity index (χ1n) is 14.0. The van der Waals surface area contributed by atoms with Crippen molar-refractivity contribution in [3.05, 3.63) is 23.8 Å². The summed E-state index contributed by atoms with van der Waals surface area (Å²) in [5.74, 6) is 3.15. The van der Waals surface area contributed by atoms with Crippen molar-refractivity contribution in [2.45, 2.75) is 116 Å². The zero-order valence-corrected chi connectivity index (χ0v) is 22.3. The van der Waals surface area contributed by atoms with Gasteiger partial charge in [0, 0.05) is 13.3 Å². The lowest BCUT2D eigenvalue weighted by Gasteiger charge is -2.45. The van der Waals surface area contributed by atoms with Gasteiger partial charge in [-0.3, -0.25) is 4.79 Å². The maximum atomic E-state index is 11.5. The second kappa shape index (κ2) is 8.76. The van der Waals surface area contributed by atoms with Crippen LogP contribution in [0, 0.1) is 35.0 Å². The zero-order valence-electron chi connectivity index (χ0n) is 22.3. The highest BCUT2D eigenvalue weighted by Gasteiger charge is 2.69. The fourth-order valence-corrected chi connectivity index (χ4v) is 8.02. The van der Waals surface area contributed by atoms with Gasteiger partial charge in [-0.15, -0.1) is 0 Å². The van der Waals surface area contributed by atoms with Crippen LogP contribution in [0.1, 0.15) is 92.9 Å². The van der Waals surface area contributed by atoms with Crippen LogP contribution in [0.2, 0.25) is 0 Å². The van der Waals surface area contributed by atoms with Crippen LogP contribution in [-0.2, 0) is 19.0 Å². The Morgan fingerprint density at radius 1 is 1.09 bits per heavy atom. The number of fused-ring (bicyclic) bond motifs is 2. The van der Waals surface area contributed by atoms with Crippen LogP contribution in [0.5, 0.6) is 0 Å². The minimum atomic E-state index is -0.179. The molecule has 5 rings (SSSR count). The monoisotopic (exact) mass is 470 g/mol. The number of carbonyl (C=O) groups excluding carboxylic acids is 1. The Morgan fingerprint density at radius 2 is 1.85 bits per heavy atom. The van der Waals surface area contributed by atoms with E-state index in [9.17, 15) is 4.79 Å². The van der Waals surface area contributed by atoms with Crippen molar-refractivity contribution in [3.63, 3.8) is 0 Å². The van der Waals surface area contributed by atoms with Gasteiger partial charge in [0.25, 0.3) is 0 Å². The molecular formula is C30H46O4. The highest BCUT2D eigenvalue weighted by molar-refractivity contribution is 5.66. The largest absolute Gasteiger partial charge is 0.462 e. The van der Waals surface area contributed by atoms with Crippen molar-refractivity contribution >= 4 is 5.97 Å². The van der Waals surface area contributed by atoms with Crippen LogP contribution >= 0.6 is 0 Å². The molecule has 4 nitrogen and oxygen atoms in total. The number of ether oxygens (including phenoxy) is 3. The fraction of sp³-hybridized carbons (Fsp3) is 0.833. The van der Waals surface area contributed by atoms with Gasteiger partial charge < -0.3 is 14.2 Å². The molecule has 0 radical (unpaired) electrons. The van der Waals surface area contributed by atoms with E-state index in [4.69, 9.17) is 14.2 Å². The van der Waals surface area contributed by atoms with Crippen molar-refractivity contribution in [2.75, 3.05) is 6.61 Å². The molecule has 190 valence electrons. The maximum absolute atomic E-state index is 11.5. The zero-order chi connectivity index (χ0) is 24.3. The Bertz CT molecular complexity index is 854. The van der Waals surface area contributed by atoms with Gasteiger partial charge in [0.1, 0.15) is 23.4 Å². The summed E-state index contributed by atoms with van der Waals surface area (Å²) >= 11 is 0. The lowest BCUT2D eigenvalue weighted by molar-refractivity contribution is -0.147. The molecule has 2 spiro atoms. The molecule has 0 aromatic heterocycles. The number of rotatable bonds is 6. The summed E-state index contributed by atoms with van der Waals surface area (Å²) in [5, 5.41) is 0. The first kappa shape index (κ1) is 24.6. The summed E-state index contributed by atoms with van der Waals surface area (Å²) in [6.07, 6.45) is 16.6. The minimum absolute atomic E-state index is 0.0124. The standard InChI is InChI=1S/C30H46O4/c1-19(2)20(3)8-9-21(4)25-10-11-26-28(25,6)13-7-14-30(26)27(34-30)17-23-16-24(33-22(5)31)12-15-29(23)18-32-29/h8-9,17,19-21,24-27H,7,10-16,18H2,1-6H3/b9-8?,23-17-/t20-,21+,24-,25+,26+,27+,28+,29+,30+/m0/s1. The van der Waals surface area contributed by atoms with E-state index in [1.54, 1.807) is 0 Å². The second-order valence-electron chi connectivity index (χ2n) is 12.9. The van der Waals surface area contributed by atoms with Crippen molar-refractivity contribution in [2.24, 2.45) is 35.0 Å². The highest BCUT2D eigenvalue weighted by Crippen LogP contribution is 2.67. The fourth-order valence-electron chi connectivity index (χ4n) is 8.02. The topological polar surface area (TPSA) is 51.4 Å². The molecule has 0 aromatic carbocycles. The van der Waals surface area contributed by atoms with Crippen molar-refractivity contribution in [3.8, 4) is 0 Å². The maximum Gasteiger partial charge on any atom is 0.302 e. The van der Waals surface area contributed by atoms with Gasteiger partial charge in [0.2, 0.25) is 0 Å². The van der Waals surface area contributed by atoms with Crippen molar-refractivity contribution < 1.29 is 19.0 Å². The molecule has 0 N–H and O–H groups in total. The number of carbonyl (C=O) groups is 1. The van der Waals surface area contributed by atoms with Crippen LogP contribution in [0.4, 0.5) is 0 Å². The lowest BCUT2D eigenvalue weighted by Crippen LogP contribution is -2.44. The molecule has 4 heteroatoms. The summed E-state index contributed by atoms with van der Waals surface area (Å²) in [6.45, 7) is 14.3. The van der Waals surface area contributed by atoms with Crippen LogP contribution in [0.3, 0.4) is 0 Å². The Morgan fingerprint density at radius 3 is 2.53 bits per heavy atom. The van der Waals surface area contributed by atoms with E-state index < -0.39 is 0 Å². The molecule has 0 bridgehead atoms. The third-order valence-corrected chi connectivity index (χ3v) is 10.5. The molecule has 5 aliphatic rings. The Labute approximate surface area is 206 Å². The average Bonchev–Trinajstić information content (AvgIpc) is 3.65. The SMILES string of the molecule is CC(=O)O[C@H]1CC[C@@]2(CO2)/C(=C\[C@H]2O[C@@]23CCC[C@]2(C)[C@@H]([C@H](C)C=C[C@H](C)C(C)C)CC[C@H]23)C1.